The van der Waals surface area contributed by atoms with Crippen LogP contribution in [0.3, 0.4) is 0 Å². The zero-order valence-electron chi connectivity index (χ0n) is 14.2. The van der Waals surface area contributed by atoms with Crippen LogP contribution in [-0.2, 0) is 20.4 Å². The van der Waals surface area contributed by atoms with Crippen LogP contribution in [-0.4, -0.2) is 21.1 Å². The van der Waals surface area contributed by atoms with Gasteiger partial charge in [-0.05, 0) is 31.4 Å². The molecular formula is C18H25NO3S. The number of hydrogen-bond acceptors (Lipinski definition) is 3. The molecule has 4 nitrogen and oxygen atoms in total. The van der Waals surface area contributed by atoms with Crippen molar-refractivity contribution in [2.24, 2.45) is 5.41 Å². The average molecular weight is 335 g/mol. The summed E-state index contributed by atoms with van der Waals surface area (Å²) >= 11 is 0. The Morgan fingerprint density at radius 1 is 1.30 bits per heavy atom. The molecule has 3 atom stereocenters. The highest BCUT2D eigenvalue weighted by atomic mass is 32.2. The zero-order chi connectivity index (χ0) is 17.2. The molecule has 1 fully saturated rings. The molecule has 1 aromatic rings. The maximum atomic E-state index is 12.8. The molecule has 0 aliphatic heterocycles. The molecular weight excluding hydrogens is 310 g/mol. The van der Waals surface area contributed by atoms with Crippen molar-refractivity contribution >= 4 is 22.5 Å². The SMILES string of the molecule is C[C@@H](NC(=O)C(C)(C)C)c1ccccc1[S@@](=O)C1CCCC1=O. The highest BCUT2D eigenvalue weighted by Gasteiger charge is 2.32. The normalized spacial score (nSPS) is 21.0. The second kappa shape index (κ2) is 6.95. The minimum absolute atomic E-state index is 0.0532. The van der Waals surface area contributed by atoms with Gasteiger partial charge in [0.05, 0.1) is 22.1 Å². The van der Waals surface area contributed by atoms with Gasteiger partial charge in [-0.2, -0.15) is 0 Å². The largest absolute Gasteiger partial charge is 0.349 e. The first-order valence-corrected chi connectivity index (χ1v) is 9.26. The van der Waals surface area contributed by atoms with Gasteiger partial charge in [0.1, 0.15) is 5.78 Å². The highest BCUT2D eigenvalue weighted by Crippen LogP contribution is 2.29. The van der Waals surface area contributed by atoms with Gasteiger partial charge in [-0.3, -0.25) is 13.8 Å². The molecule has 2 rings (SSSR count). The van der Waals surface area contributed by atoms with Gasteiger partial charge in [-0.25, -0.2) is 0 Å². The van der Waals surface area contributed by atoms with Crippen molar-refractivity contribution < 1.29 is 13.8 Å². The van der Waals surface area contributed by atoms with E-state index in [1.807, 2.05) is 45.9 Å². The van der Waals surface area contributed by atoms with E-state index in [9.17, 15) is 13.8 Å². The number of ketones is 1. The van der Waals surface area contributed by atoms with E-state index in [1.165, 1.54) is 0 Å². The number of nitrogens with one attached hydrogen (secondary N) is 1. The number of carbonyl (C=O) groups excluding carboxylic acids is 2. The summed E-state index contributed by atoms with van der Waals surface area (Å²) in [4.78, 5) is 24.8. The Hall–Kier alpha value is -1.49. The lowest BCUT2D eigenvalue weighted by molar-refractivity contribution is -0.129. The van der Waals surface area contributed by atoms with E-state index in [2.05, 4.69) is 5.32 Å². The Bertz CT molecular complexity index is 633. The van der Waals surface area contributed by atoms with Crippen LogP contribution < -0.4 is 5.32 Å². The van der Waals surface area contributed by atoms with Crippen molar-refractivity contribution in [3.05, 3.63) is 29.8 Å². The second-order valence-corrected chi connectivity index (χ2v) is 8.73. The molecule has 0 aromatic heterocycles. The van der Waals surface area contributed by atoms with E-state index >= 15 is 0 Å². The third-order valence-electron chi connectivity index (χ3n) is 4.14. The number of benzene rings is 1. The minimum atomic E-state index is -1.36. The number of rotatable bonds is 4. The number of carbonyl (C=O) groups is 2. The van der Waals surface area contributed by atoms with Crippen molar-refractivity contribution in [1.29, 1.82) is 0 Å². The van der Waals surface area contributed by atoms with E-state index < -0.39 is 21.5 Å². The molecule has 0 radical (unpaired) electrons. The lowest BCUT2D eigenvalue weighted by Gasteiger charge is -2.24. The van der Waals surface area contributed by atoms with Gasteiger partial charge in [-0.1, -0.05) is 39.0 Å². The van der Waals surface area contributed by atoms with Crippen LogP contribution >= 0.6 is 0 Å². The fourth-order valence-electron chi connectivity index (χ4n) is 2.68. The number of hydrogen-bond donors (Lipinski definition) is 1. The quantitative estimate of drug-likeness (QED) is 0.919. The van der Waals surface area contributed by atoms with Crippen molar-refractivity contribution in [1.82, 2.24) is 5.32 Å². The Morgan fingerprint density at radius 2 is 1.96 bits per heavy atom. The van der Waals surface area contributed by atoms with Crippen LogP contribution in [0.15, 0.2) is 29.2 Å². The van der Waals surface area contributed by atoms with E-state index in [0.29, 0.717) is 17.7 Å². The van der Waals surface area contributed by atoms with Crippen LogP contribution in [0.5, 0.6) is 0 Å². The third kappa shape index (κ3) is 4.08. The van der Waals surface area contributed by atoms with E-state index in [1.54, 1.807) is 6.07 Å². The zero-order valence-corrected chi connectivity index (χ0v) is 15.0. The van der Waals surface area contributed by atoms with Gasteiger partial charge >= 0.3 is 0 Å². The molecule has 0 spiro atoms. The summed E-state index contributed by atoms with van der Waals surface area (Å²) in [6, 6.07) is 7.12. The molecule has 126 valence electrons. The van der Waals surface area contributed by atoms with E-state index in [4.69, 9.17) is 0 Å². The van der Waals surface area contributed by atoms with Gasteiger partial charge in [0.15, 0.2) is 0 Å². The summed E-state index contributed by atoms with van der Waals surface area (Å²) < 4.78 is 12.8. The van der Waals surface area contributed by atoms with Crippen LogP contribution in [0.4, 0.5) is 0 Å². The molecule has 1 N–H and O–H groups in total. The third-order valence-corrected chi connectivity index (χ3v) is 5.96. The molecule has 0 heterocycles. The second-order valence-electron chi connectivity index (χ2n) is 7.13. The lowest BCUT2D eigenvalue weighted by Crippen LogP contribution is -2.37. The monoisotopic (exact) mass is 335 g/mol. The lowest BCUT2D eigenvalue weighted by atomic mass is 9.94. The smallest absolute Gasteiger partial charge is 0.225 e. The molecule has 1 aromatic carbocycles. The Balaban J connectivity index is 2.25. The summed E-state index contributed by atoms with van der Waals surface area (Å²) in [5.74, 6) is 0.0343. The molecule has 1 unspecified atom stereocenters. The fraction of sp³-hybridized carbons (Fsp3) is 0.556. The fourth-order valence-corrected chi connectivity index (χ4v) is 4.41. The number of amides is 1. The molecule has 0 bridgehead atoms. The first-order chi connectivity index (χ1) is 10.7. The van der Waals surface area contributed by atoms with Gasteiger partial charge in [0.2, 0.25) is 5.91 Å². The molecule has 1 saturated carbocycles. The highest BCUT2D eigenvalue weighted by molar-refractivity contribution is 7.86. The van der Waals surface area contributed by atoms with Crippen LogP contribution in [0.1, 0.15) is 58.6 Å². The molecule has 0 saturated heterocycles. The Labute approximate surface area is 140 Å². The predicted octanol–water partition coefficient (Wildman–Crippen LogP) is 3.14. The maximum Gasteiger partial charge on any atom is 0.225 e. The molecule has 1 aliphatic carbocycles. The summed E-state index contributed by atoms with van der Waals surface area (Å²) in [5.41, 5.74) is 0.340. The minimum Gasteiger partial charge on any atom is -0.349 e. The van der Waals surface area contributed by atoms with Crippen LogP contribution in [0.2, 0.25) is 0 Å². The summed E-state index contributed by atoms with van der Waals surface area (Å²) in [6.07, 6.45) is 2.02. The molecule has 23 heavy (non-hydrogen) atoms. The number of Topliss-reactive ketones (excluding diaryl/α,β-unsaturated/α-hetero) is 1. The molecule has 1 aliphatic rings. The van der Waals surface area contributed by atoms with Crippen LogP contribution in [0.25, 0.3) is 0 Å². The Morgan fingerprint density at radius 3 is 2.52 bits per heavy atom. The molecule has 1 amide bonds. The van der Waals surface area contributed by atoms with Crippen molar-refractivity contribution in [2.45, 2.75) is 63.1 Å². The average Bonchev–Trinajstić information content (AvgIpc) is 2.91. The van der Waals surface area contributed by atoms with E-state index in [0.717, 1.165) is 12.0 Å². The topological polar surface area (TPSA) is 63.2 Å². The molecule has 5 heteroatoms. The summed E-state index contributed by atoms with van der Waals surface area (Å²) in [5, 5.41) is 2.57. The van der Waals surface area contributed by atoms with Crippen LogP contribution in [0, 0.1) is 5.41 Å². The summed E-state index contributed by atoms with van der Waals surface area (Å²) in [7, 11) is -1.36. The first-order valence-electron chi connectivity index (χ1n) is 8.05. The predicted molar refractivity (Wildman–Crippen MR) is 91.5 cm³/mol. The Kier molecular flexibility index (Phi) is 5.40. The van der Waals surface area contributed by atoms with Crippen molar-refractivity contribution in [3.63, 3.8) is 0 Å². The standard InChI is InChI=1S/C18H25NO3S/c1-12(19-17(21)18(2,3)4)13-8-5-6-10-15(13)23(22)16-11-7-9-14(16)20/h5-6,8,10,12,16H,7,9,11H2,1-4H3,(H,19,21)/t12-,16?,23-/m1/s1. The van der Waals surface area contributed by atoms with Crippen molar-refractivity contribution in [2.75, 3.05) is 0 Å². The summed E-state index contributed by atoms with van der Waals surface area (Å²) in [6.45, 7) is 7.46. The van der Waals surface area contributed by atoms with E-state index in [-0.39, 0.29) is 17.7 Å². The first kappa shape index (κ1) is 17.9. The van der Waals surface area contributed by atoms with Gasteiger partial charge in [0, 0.05) is 16.7 Å². The van der Waals surface area contributed by atoms with Crippen molar-refractivity contribution in [3.8, 4) is 0 Å². The van der Waals surface area contributed by atoms with Gasteiger partial charge in [0.25, 0.3) is 0 Å². The maximum absolute atomic E-state index is 12.8. The van der Waals surface area contributed by atoms with Gasteiger partial charge < -0.3 is 5.32 Å². The van der Waals surface area contributed by atoms with Gasteiger partial charge in [-0.15, -0.1) is 0 Å².